The number of hydrogen-bond donors (Lipinski definition) is 2. The van der Waals surface area contributed by atoms with Crippen molar-refractivity contribution in [2.45, 2.75) is 33.1 Å². The summed E-state index contributed by atoms with van der Waals surface area (Å²) in [6.07, 6.45) is 2.14. The average Bonchev–Trinajstić information content (AvgIpc) is 2.86. The predicted octanol–water partition coefficient (Wildman–Crippen LogP) is 3.71. The van der Waals surface area contributed by atoms with Gasteiger partial charge in [-0.1, -0.05) is 25.1 Å². The second-order valence-corrected chi connectivity index (χ2v) is 5.88. The molecular weight excluding hydrogens is 288 g/mol. The molecule has 5 heteroatoms. The van der Waals surface area contributed by atoms with Crippen LogP contribution in [0.2, 0.25) is 0 Å². The second-order valence-electron chi connectivity index (χ2n) is 5.88. The van der Waals surface area contributed by atoms with Gasteiger partial charge in [0.05, 0.1) is 16.9 Å². The third-order valence-corrected chi connectivity index (χ3v) is 4.08. The van der Waals surface area contributed by atoms with Gasteiger partial charge in [0.25, 0.3) is 0 Å². The molecule has 5 nitrogen and oxygen atoms in total. The summed E-state index contributed by atoms with van der Waals surface area (Å²) < 4.78 is 0. The van der Waals surface area contributed by atoms with Crippen LogP contribution in [0.25, 0.3) is 10.9 Å². The zero-order valence-electron chi connectivity index (χ0n) is 13.6. The van der Waals surface area contributed by atoms with E-state index in [1.807, 2.05) is 51.1 Å². The van der Waals surface area contributed by atoms with E-state index in [-0.39, 0.29) is 11.8 Å². The normalized spacial score (nSPS) is 12.3. The van der Waals surface area contributed by atoms with Crippen molar-refractivity contribution in [1.29, 1.82) is 0 Å². The Morgan fingerprint density at radius 1 is 1.26 bits per heavy atom. The molecule has 2 N–H and O–H groups in total. The molecule has 118 valence electrons. The minimum atomic E-state index is -0.0179. The van der Waals surface area contributed by atoms with E-state index in [9.17, 15) is 4.79 Å². The number of fused-ring (bicyclic) bond motifs is 1. The van der Waals surface area contributed by atoms with Gasteiger partial charge >= 0.3 is 0 Å². The summed E-state index contributed by atoms with van der Waals surface area (Å²) in [4.78, 5) is 16.8. The van der Waals surface area contributed by atoms with Crippen molar-refractivity contribution in [3.8, 4) is 0 Å². The van der Waals surface area contributed by atoms with Crippen LogP contribution in [0.5, 0.6) is 0 Å². The number of anilines is 1. The first-order valence-corrected chi connectivity index (χ1v) is 7.71. The van der Waals surface area contributed by atoms with Gasteiger partial charge in [-0.15, -0.1) is 0 Å². The zero-order chi connectivity index (χ0) is 16.4. The van der Waals surface area contributed by atoms with Crippen molar-refractivity contribution in [3.63, 3.8) is 0 Å². The fourth-order valence-corrected chi connectivity index (χ4v) is 3.07. The fraction of sp³-hybridized carbons (Fsp3) is 0.278. The lowest BCUT2D eigenvalue weighted by Gasteiger charge is -2.13. The third kappa shape index (κ3) is 3.08. The summed E-state index contributed by atoms with van der Waals surface area (Å²) in [7, 11) is 0. The molecule has 2 aromatic heterocycles. The van der Waals surface area contributed by atoms with E-state index in [1.54, 1.807) is 6.20 Å². The molecule has 23 heavy (non-hydrogen) atoms. The van der Waals surface area contributed by atoms with Crippen LogP contribution in [0.4, 0.5) is 5.69 Å². The lowest BCUT2D eigenvalue weighted by Crippen LogP contribution is -2.15. The number of aryl methyl sites for hydroxylation is 2. The van der Waals surface area contributed by atoms with Crippen LogP contribution in [0.1, 0.15) is 36.2 Å². The molecule has 1 atom stereocenters. The molecule has 3 aromatic rings. The highest BCUT2D eigenvalue weighted by atomic mass is 16.1. The molecule has 2 heterocycles. The summed E-state index contributed by atoms with van der Waals surface area (Å²) >= 11 is 0. The van der Waals surface area contributed by atoms with E-state index in [4.69, 9.17) is 0 Å². The maximum atomic E-state index is 12.4. The highest BCUT2D eigenvalue weighted by Crippen LogP contribution is 2.26. The van der Waals surface area contributed by atoms with Crippen molar-refractivity contribution >= 4 is 22.5 Å². The zero-order valence-corrected chi connectivity index (χ0v) is 13.6. The number of H-pyrrole nitrogens is 1. The van der Waals surface area contributed by atoms with Crippen molar-refractivity contribution in [1.82, 2.24) is 15.2 Å². The van der Waals surface area contributed by atoms with Crippen LogP contribution >= 0.6 is 0 Å². The van der Waals surface area contributed by atoms with Crippen molar-refractivity contribution in [2.75, 3.05) is 5.32 Å². The Morgan fingerprint density at radius 2 is 2.04 bits per heavy atom. The van der Waals surface area contributed by atoms with E-state index in [0.29, 0.717) is 6.42 Å². The molecule has 1 unspecified atom stereocenters. The minimum absolute atomic E-state index is 0.0179. The Kier molecular flexibility index (Phi) is 4.10. The van der Waals surface area contributed by atoms with Gasteiger partial charge in [0.1, 0.15) is 0 Å². The molecule has 0 saturated carbocycles. The number of hydrogen-bond acceptors (Lipinski definition) is 3. The Bertz CT molecular complexity index is 828. The number of carbonyl (C=O) groups is 1. The first kappa shape index (κ1) is 15.2. The molecule has 0 radical (unpaired) electrons. The molecule has 0 bridgehead atoms. The SMILES string of the molecule is Cc1n[nH]c(C)c1C(C)CC(=O)Nc1cccc2cccnc12. The first-order valence-electron chi connectivity index (χ1n) is 7.71. The van der Waals surface area contributed by atoms with E-state index in [2.05, 4.69) is 20.5 Å². The molecule has 0 aliphatic carbocycles. The minimum Gasteiger partial charge on any atom is -0.324 e. The van der Waals surface area contributed by atoms with Crippen molar-refractivity contribution < 1.29 is 4.79 Å². The van der Waals surface area contributed by atoms with E-state index < -0.39 is 0 Å². The number of nitrogens with zero attached hydrogens (tertiary/aromatic N) is 2. The maximum absolute atomic E-state index is 12.4. The molecule has 1 aromatic carbocycles. The standard InChI is InChI=1S/C18H20N4O/c1-11(17-12(2)21-22-13(17)3)10-16(23)20-15-8-4-6-14-7-5-9-19-18(14)15/h4-9,11H,10H2,1-3H3,(H,20,23)(H,21,22). The van der Waals surface area contributed by atoms with Crippen LogP contribution < -0.4 is 5.32 Å². The first-order chi connectivity index (χ1) is 11.1. The largest absolute Gasteiger partial charge is 0.324 e. The van der Waals surface area contributed by atoms with Gasteiger partial charge in [-0.25, -0.2) is 0 Å². The Balaban J connectivity index is 1.77. The topological polar surface area (TPSA) is 70.7 Å². The summed E-state index contributed by atoms with van der Waals surface area (Å²) in [6, 6.07) is 9.66. The molecule has 0 aliphatic rings. The number of carbonyl (C=O) groups excluding carboxylic acids is 1. The molecular formula is C18H20N4O. The average molecular weight is 308 g/mol. The number of amides is 1. The number of para-hydroxylation sites is 1. The Labute approximate surface area is 135 Å². The molecule has 0 aliphatic heterocycles. The summed E-state index contributed by atoms with van der Waals surface area (Å²) in [6.45, 7) is 5.99. The summed E-state index contributed by atoms with van der Waals surface area (Å²) in [5, 5.41) is 11.2. The van der Waals surface area contributed by atoms with Crippen molar-refractivity contribution in [2.24, 2.45) is 0 Å². The molecule has 1 amide bonds. The van der Waals surface area contributed by atoms with Crippen LogP contribution in [-0.2, 0) is 4.79 Å². The Hall–Kier alpha value is -2.69. The maximum Gasteiger partial charge on any atom is 0.225 e. The van der Waals surface area contributed by atoms with Gasteiger partial charge in [-0.2, -0.15) is 5.10 Å². The van der Waals surface area contributed by atoms with Crippen LogP contribution in [0.3, 0.4) is 0 Å². The quantitative estimate of drug-likeness (QED) is 0.772. The van der Waals surface area contributed by atoms with Crippen LogP contribution in [0.15, 0.2) is 36.5 Å². The molecule has 0 fully saturated rings. The van der Waals surface area contributed by atoms with E-state index >= 15 is 0 Å². The Morgan fingerprint density at radius 3 is 2.78 bits per heavy atom. The van der Waals surface area contributed by atoms with E-state index in [1.165, 1.54) is 0 Å². The molecule has 3 rings (SSSR count). The van der Waals surface area contributed by atoms with Gasteiger partial charge in [0.15, 0.2) is 0 Å². The lowest BCUT2D eigenvalue weighted by molar-refractivity contribution is -0.116. The van der Waals surface area contributed by atoms with Gasteiger partial charge in [0, 0.05) is 23.7 Å². The molecule has 0 saturated heterocycles. The number of aromatic amines is 1. The lowest BCUT2D eigenvalue weighted by atomic mass is 9.95. The predicted molar refractivity (Wildman–Crippen MR) is 91.5 cm³/mol. The van der Waals surface area contributed by atoms with Crippen LogP contribution in [-0.4, -0.2) is 21.1 Å². The van der Waals surface area contributed by atoms with Gasteiger partial charge in [-0.3, -0.25) is 14.9 Å². The van der Waals surface area contributed by atoms with Crippen LogP contribution in [0, 0.1) is 13.8 Å². The number of nitrogens with one attached hydrogen (secondary N) is 2. The number of aromatic nitrogens is 3. The smallest absolute Gasteiger partial charge is 0.225 e. The van der Waals surface area contributed by atoms with Gasteiger partial charge in [-0.05, 0) is 37.5 Å². The third-order valence-electron chi connectivity index (χ3n) is 4.08. The second kappa shape index (κ2) is 6.20. The summed E-state index contributed by atoms with van der Waals surface area (Å²) in [5.74, 6) is 0.0901. The molecule has 0 spiro atoms. The number of pyridine rings is 1. The monoisotopic (exact) mass is 308 g/mol. The fourth-order valence-electron chi connectivity index (χ4n) is 3.07. The highest BCUT2D eigenvalue weighted by molar-refractivity contribution is 6.00. The highest BCUT2D eigenvalue weighted by Gasteiger charge is 2.18. The summed E-state index contributed by atoms with van der Waals surface area (Å²) in [5.41, 5.74) is 4.66. The number of rotatable bonds is 4. The number of benzene rings is 1. The van der Waals surface area contributed by atoms with Gasteiger partial charge in [0.2, 0.25) is 5.91 Å². The van der Waals surface area contributed by atoms with Crippen molar-refractivity contribution in [3.05, 3.63) is 53.5 Å². The van der Waals surface area contributed by atoms with E-state index in [0.717, 1.165) is 33.5 Å². The van der Waals surface area contributed by atoms with Gasteiger partial charge < -0.3 is 5.32 Å².